The standard InChI is InChI=1S/C24H28N2O4S2.C22H12F12N2O4S2.C18H16N2O4S2.C15H18N2O4S2/c1-15-10-17(3)23(18(4)11-15)25-31(27,28)21-8-7-9-22(14-21)32(29,30)26-24-19(5)12-16(2)13-20(24)6;23-19(24,25)11-4-12(20(26,27)28)7-15(6-11)35-41(37,38)17-2-1-3-18(10-17)42(39,40)36-16-8-13(21(29,30)31)5-14(9-16)22(32,33)34;21-25(22,19-15-8-3-1-4-9-15)17-12-7-13-18(14-17)26(23,24)20-16-10-5-2-6-11-16;18-22(19,16-14-8-3-1-4-9-14)12-7-13-23(20,21)17-15-10-5-2-6-11-15/h7-14,25-26H,1-6H3;1-10,35-36H;1-14,19-20H;1-6,8-11,16-17H,7,12-13H2. The molecule has 44 heteroatoms. The molecule has 11 aromatic carbocycles. The molecule has 0 aliphatic rings. The number of halogens is 12. The number of anilines is 8. The van der Waals surface area contributed by atoms with Gasteiger partial charge in [-0.25, -0.2) is 67.3 Å². The summed E-state index contributed by atoms with van der Waals surface area (Å²) in [7, 11) is -33.2. The highest BCUT2D eigenvalue weighted by Crippen LogP contribution is 2.41. The third kappa shape index (κ3) is 28.3. The van der Waals surface area contributed by atoms with Crippen LogP contribution in [0, 0.1) is 41.5 Å². The molecule has 0 saturated carbocycles. The molecule has 0 spiro atoms. The van der Waals surface area contributed by atoms with Crippen LogP contribution >= 0.6 is 0 Å². The molecule has 0 saturated heterocycles. The highest BCUT2D eigenvalue weighted by atomic mass is 32.2. The Kier molecular flexibility index (Phi) is 30.4. The van der Waals surface area contributed by atoms with Crippen LogP contribution in [0.1, 0.15) is 62.1 Å². The molecule has 0 heterocycles. The van der Waals surface area contributed by atoms with E-state index in [1.807, 2.05) is 65.8 Å². The molecule has 123 heavy (non-hydrogen) atoms. The van der Waals surface area contributed by atoms with Crippen LogP contribution in [0.5, 0.6) is 0 Å². The lowest BCUT2D eigenvalue weighted by Crippen LogP contribution is -2.22. The zero-order chi connectivity index (χ0) is 91.3. The van der Waals surface area contributed by atoms with Gasteiger partial charge in [0, 0.05) is 22.7 Å². The summed E-state index contributed by atoms with van der Waals surface area (Å²) in [5.74, 6) is -0.533. The smallest absolute Gasteiger partial charge is 0.284 e. The Morgan fingerprint density at radius 3 is 0.626 bits per heavy atom. The molecule has 0 bridgehead atoms. The summed E-state index contributed by atoms with van der Waals surface area (Å²) in [5.41, 5.74) is -2.03. The Morgan fingerprint density at radius 2 is 0.415 bits per heavy atom. The summed E-state index contributed by atoms with van der Waals surface area (Å²) in [5, 5.41) is 0. The average molecular weight is 1880 g/mol. The van der Waals surface area contributed by atoms with Gasteiger partial charge in [0.15, 0.2) is 0 Å². The Labute approximate surface area is 702 Å². The Morgan fingerprint density at radius 1 is 0.220 bits per heavy atom. The number of aryl methyl sites for hydroxylation is 6. The number of benzene rings is 11. The first-order chi connectivity index (χ1) is 56.8. The third-order valence-electron chi connectivity index (χ3n) is 16.8. The minimum Gasteiger partial charge on any atom is -0.284 e. The number of hydrogen-bond acceptors (Lipinski definition) is 16. The van der Waals surface area contributed by atoms with Gasteiger partial charge in [-0.15, -0.1) is 0 Å². The Balaban J connectivity index is 0.000000209. The quantitative estimate of drug-likeness (QED) is 0.0233. The van der Waals surface area contributed by atoms with E-state index in [0.29, 0.717) is 52.3 Å². The summed E-state index contributed by atoms with van der Waals surface area (Å²) in [6.45, 7) is 11.2. The van der Waals surface area contributed by atoms with E-state index in [-0.39, 0.29) is 73.9 Å². The molecule has 0 aromatic heterocycles. The Bertz CT molecular complexity index is 6140. The van der Waals surface area contributed by atoms with Crippen molar-refractivity contribution in [2.45, 2.75) is 102 Å². The van der Waals surface area contributed by atoms with E-state index in [2.05, 4.69) is 28.3 Å². The van der Waals surface area contributed by atoms with Gasteiger partial charge in [-0.05, 0) is 210 Å². The molecule has 8 N–H and O–H groups in total. The average Bonchev–Trinajstić information content (AvgIpc) is 0.785. The zero-order valence-corrected chi connectivity index (χ0v) is 71.2. The molecular weight excluding hydrogens is 1800 g/mol. The van der Waals surface area contributed by atoms with Crippen LogP contribution in [0.3, 0.4) is 0 Å². The van der Waals surface area contributed by atoms with Gasteiger partial charge in [0.2, 0.25) is 20.0 Å². The largest absolute Gasteiger partial charge is 0.416 e. The van der Waals surface area contributed by atoms with E-state index >= 15 is 0 Å². The summed E-state index contributed by atoms with van der Waals surface area (Å²) in [6, 6.07) is 53.7. The van der Waals surface area contributed by atoms with Crippen molar-refractivity contribution in [3.63, 3.8) is 0 Å². The van der Waals surface area contributed by atoms with E-state index in [1.165, 1.54) is 51.9 Å². The van der Waals surface area contributed by atoms with Crippen LogP contribution in [0.15, 0.2) is 284 Å². The molecule has 0 aliphatic carbocycles. The van der Waals surface area contributed by atoms with Crippen molar-refractivity contribution in [1.82, 2.24) is 0 Å². The molecule has 0 aliphatic heterocycles. The van der Waals surface area contributed by atoms with E-state index in [4.69, 9.17) is 0 Å². The fraction of sp³-hybridized carbons (Fsp3) is 0.165. The zero-order valence-electron chi connectivity index (χ0n) is 64.7. The van der Waals surface area contributed by atoms with Gasteiger partial charge in [0.05, 0.1) is 85.9 Å². The van der Waals surface area contributed by atoms with Gasteiger partial charge in [0.1, 0.15) is 0 Å². The summed E-state index contributed by atoms with van der Waals surface area (Å²) in [4.78, 5) is -2.66. The van der Waals surface area contributed by atoms with Crippen molar-refractivity contribution in [1.29, 1.82) is 0 Å². The second kappa shape index (κ2) is 38.6. The van der Waals surface area contributed by atoms with Crippen LogP contribution < -0.4 is 37.8 Å². The Hall–Kier alpha value is -11.4. The molecule has 0 atom stereocenters. The molecule has 0 fully saturated rings. The van der Waals surface area contributed by atoms with E-state index in [9.17, 15) is 120 Å². The first-order valence-electron chi connectivity index (χ1n) is 35.2. The molecule has 11 aromatic rings. The number of nitrogens with one attached hydrogen (secondary N) is 8. The third-order valence-corrected chi connectivity index (χ3v) is 27.7. The lowest BCUT2D eigenvalue weighted by molar-refractivity contribution is -0.144. The van der Waals surface area contributed by atoms with E-state index < -0.39 is 148 Å². The molecular formula is C79H74F12N8O16S8. The van der Waals surface area contributed by atoms with Crippen molar-refractivity contribution in [3.8, 4) is 0 Å². The van der Waals surface area contributed by atoms with Gasteiger partial charge in [0.25, 0.3) is 60.1 Å². The second-order valence-electron chi connectivity index (χ2n) is 26.9. The summed E-state index contributed by atoms with van der Waals surface area (Å²) in [6.07, 6.45) is -21.3. The van der Waals surface area contributed by atoms with Crippen LogP contribution in [0.25, 0.3) is 0 Å². The van der Waals surface area contributed by atoms with Gasteiger partial charge in [-0.3, -0.25) is 37.8 Å². The molecule has 658 valence electrons. The van der Waals surface area contributed by atoms with Gasteiger partial charge in [-0.2, -0.15) is 52.7 Å². The molecule has 0 amide bonds. The highest BCUT2D eigenvalue weighted by Gasteiger charge is 2.40. The maximum atomic E-state index is 13.1. The number of sulfonamides is 8. The van der Waals surface area contributed by atoms with Crippen LogP contribution in [-0.4, -0.2) is 78.8 Å². The van der Waals surface area contributed by atoms with Crippen LogP contribution in [0.4, 0.5) is 98.2 Å². The first-order valence-corrected chi connectivity index (χ1v) is 47.5. The predicted molar refractivity (Wildman–Crippen MR) is 444 cm³/mol. The van der Waals surface area contributed by atoms with Crippen molar-refractivity contribution < 1.29 is 120 Å². The van der Waals surface area contributed by atoms with Crippen molar-refractivity contribution in [3.05, 3.63) is 310 Å². The van der Waals surface area contributed by atoms with Crippen molar-refractivity contribution in [2.24, 2.45) is 0 Å². The van der Waals surface area contributed by atoms with Crippen molar-refractivity contribution >= 4 is 126 Å². The molecule has 11 rings (SSSR count). The normalized spacial score (nSPS) is 12.4. The summed E-state index contributed by atoms with van der Waals surface area (Å²) < 4.78 is 376. The van der Waals surface area contributed by atoms with Crippen molar-refractivity contribution in [2.75, 3.05) is 49.3 Å². The number of alkyl halides is 12. The number of para-hydroxylation sites is 4. The SMILES string of the molecule is Cc1cc(C)c(NS(=O)(=O)c2cccc(S(=O)(=O)Nc3c(C)cc(C)cc3C)c2)c(C)c1.O=S(=O)(CCCS(=O)(=O)Nc1ccccc1)Nc1ccccc1.O=S(=O)(Nc1cc(C(F)(F)F)cc(C(F)(F)F)c1)c1cccc(S(=O)(=O)Nc2cc(C(F)(F)F)cc(C(F)(F)F)c2)c1.O=S(=O)(Nc1ccccc1)c1cccc(S(=O)(=O)Nc2ccccc2)c1. The molecule has 24 nitrogen and oxygen atoms in total. The lowest BCUT2D eigenvalue weighted by Gasteiger charge is -2.16. The predicted octanol–water partition coefficient (Wildman–Crippen LogP) is 18.1. The lowest BCUT2D eigenvalue weighted by atomic mass is 10.1. The fourth-order valence-corrected chi connectivity index (χ4v) is 20.8. The molecule has 0 radical (unpaired) electrons. The first kappa shape index (κ1) is 97.0. The van der Waals surface area contributed by atoms with Crippen LogP contribution in [-0.2, 0) is 105 Å². The summed E-state index contributed by atoms with van der Waals surface area (Å²) >= 11 is 0. The number of hydrogen-bond donors (Lipinski definition) is 8. The number of rotatable bonds is 26. The maximum absolute atomic E-state index is 13.1. The molecule has 0 unspecified atom stereocenters. The van der Waals surface area contributed by atoms with E-state index in [1.54, 1.807) is 121 Å². The van der Waals surface area contributed by atoms with Gasteiger partial charge >= 0.3 is 24.7 Å². The topological polar surface area (TPSA) is 369 Å². The maximum Gasteiger partial charge on any atom is 0.416 e. The highest BCUT2D eigenvalue weighted by molar-refractivity contribution is 7.95. The van der Waals surface area contributed by atoms with E-state index in [0.717, 1.165) is 45.5 Å². The minimum atomic E-state index is -5.34. The van der Waals surface area contributed by atoms with Gasteiger partial charge in [-0.1, -0.05) is 126 Å². The minimum absolute atomic E-state index is 0.00430. The van der Waals surface area contributed by atoms with Crippen LogP contribution in [0.2, 0.25) is 0 Å². The fourth-order valence-electron chi connectivity index (χ4n) is 11.3. The van der Waals surface area contributed by atoms with Gasteiger partial charge < -0.3 is 0 Å². The second-order valence-corrected chi connectivity index (χ2v) is 40.6. The monoisotopic (exact) mass is 1870 g/mol.